The fraction of sp³-hybridized carbons (Fsp3) is 0.350. The molecule has 2 N–H and O–H groups in total. The molecule has 1 aromatic carbocycles. The first-order valence-corrected chi connectivity index (χ1v) is 8.90. The van der Waals surface area contributed by atoms with Crippen LogP contribution >= 0.6 is 0 Å². The third kappa shape index (κ3) is 5.26. The van der Waals surface area contributed by atoms with Crippen molar-refractivity contribution in [1.82, 2.24) is 10.3 Å². The van der Waals surface area contributed by atoms with E-state index >= 15 is 0 Å². The maximum absolute atomic E-state index is 13.2. The molecule has 1 aliphatic rings. The van der Waals surface area contributed by atoms with E-state index in [2.05, 4.69) is 10.3 Å². The Labute approximate surface area is 156 Å². The van der Waals surface area contributed by atoms with Crippen LogP contribution in [0.2, 0.25) is 0 Å². The summed E-state index contributed by atoms with van der Waals surface area (Å²) in [6.07, 6.45) is 3.88. The fourth-order valence-electron chi connectivity index (χ4n) is 3.16. The van der Waals surface area contributed by atoms with E-state index in [1.165, 1.54) is 12.1 Å². The van der Waals surface area contributed by atoms with E-state index in [9.17, 15) is 14.0 Å². The number of halogens is 1. The van der Waals surface area contributed by atoms with Crippen molar-refractivity contribution in [3.63, 3.8) is 0 Å². The highest BCUT2D eigenvalue weighted by Crippen LogP contribution is 2.29. The van der Waals surface area contributed by atoms with Gasteiger partial charge in [0.05, 0.1) is 5.92 Å². The van der Waals surface area contributed by atoms with Crippen molar-refractivity contribution >= 4 is 11.9 Å². The van der Waals surface area contributed by atoms with Crippen LogP contribution in [0.5, 0.6) is 11.6 Å². The number of carboxylic acid groups (broad SMARTS) is 1. The summed E-state index contributed by atoms with van der Waals surface area (Å²) in [6, 6.07) is 9.24. The molecule has 0 spiro atoms. The van der Waals surface area contributed by atoms with Gasteiger partial charge < -0.3 is 15.2 Å². The van der Waals surface area contributed by atoms with Gasteiger partial charge in [0.2, 0.25) is 11.8 Å². The Bertz CT molecular complexity index is 802. The lowest BCUT2D eigenvalue weighted by atomic mass is 9.81. The molecule has 0 radical (unpaired) electrons. The molecule has 1 saturated carbocycles. The molecule has 0 saturated heterocycles. The molecule has 1 fully saturated rings. The molecule has 7 heteroatoms. The number of hydrogen-bond acceptors (Lipinski definition) is 4. The van der Waals surface area contributed by atoms with Crippen molar-refractivity contribution < 1.29 is 23.8 Å². The summed E-state index contributed by atoms with van der Waals surface area (Å²) in [4.78, 5) is 27.4. The molecule has 27 heavy (non-hydrogen) atoms. The molecule has 3 rings (SSSR count). The summed E-state index contributed by atoms with van der Waals surface area (Å²) in [7, 11) is 0. The highest BCUT2D eigenvalue weighted by Gasteiger charge is 2.29. The predicted octanol–water partition coefficient (Wildman–Crippen LogP) is 3.52. The van der Waals surface area contributed by atoms with Gasteiger partial charge in [-0.2, -0.15) is 0 Å². The number of nitrogens with one attached hydrogen (secondary N) is 1. The van der Waals surface area contributed by atoms with Crippen LogP contribution in [0.3, 0.4) is 0 Å². The molecule has 1 aliphatic carbocycles. The first-order chi connectivity index (χ1) is 13.0. The Kier molecular flexibility index (Phi) is 6.01. The Morgan fingerprint density at radius 1 is 1.15 bits per heavy atom. The zero-order chi connectivity index (χ0) is 19.2. The van der Waals surface area contributed by atoms with Crippen LogP contribution in [-0.4, -0.2) is 22.0 Å². The van der Waals surface area contributed by atoms with Gasteiger partial charge in [0.15, 0.2) is 0 Å². The van der Waals surface area contributed by atoms with Crippen molar-refractivity contribution in [2.24, 2.45) is 11.8 Å². The fourth-order valence-corrected chi connectivity index (χ4v) is 3.16. The standard InChI is InChI=1S/C20H21FN2O4/c21-16-2-1-3-17(10-16)27-18-9-4-13(11-22-18)12-23-19(24)14-5-7-15(8-6-14)20(25)26/h1-4,9-11,14-15H,5-8,12H2,(H,23,24)(H,25,26). The maximum Gasteiger partial charge on any atom is 0.306 e. The molecule has 2 aromatic rings. The van der Waals surface area contributed by atoms with Gasteiger partial charge in [-0.25, -0.2) is 9.37 Å². The minimum atomic E-state index is -0.777. The van der Waals surface area contributed by atoms with Gasteiger partial charge in [0, 0.05) is 30.8 Å². The lowest BCUT2D eigenvalue weighted by molar-refractivity contribution is -0.144. The van der Waals surface area contributed by atoms with Crippen molar-refractivity contribution in [3.05, 3.63) is 54.0 Å². The zero-order valence-corrected chi connectivity index (χ0v) is 14.7. The predicted molar refractivity (Wildman–Crippen MR) is 95.6 cm³/mol. The van der Waals surface area contributed by atoms with E-state index < -0.39 is 5.97 Å². The Morgan fingerprint density at radius 2 is 1.89 bits per heavy atom. The first-order valence-electron chi connectivity index (χ1n) is 8.90. The van der Waals surface area contributed by atoms with Crippen LogP contribution in [0.4, 0.5) is 4.39 Å². The molecule has 1 heterocycles. The van der Waals surface area contributed by atoms with Gasteiger partial charge in [-0.05, 0) is 43.4 Å². The van der Waals surface area contributed by atoms with Gasteiger partial charge in [-0.3, -0.25) is 9.59 Å². The average Bonchev–Trinajstić information content (AvgIpc) is 2.67. The highest BCUT2D eigenvalue weighted by atomic mass is 19.1. The van der Waals surface area contributed by atoms with Gasteiger partial charge in [0.1, 0.15) is 11.6 Å². The number of ether oxygens (including phenoxy) is 1. The number of aromatic nitrogens is 1. The summed E-state index contributed by atoms with van der Waals surface area (Å²) in [5, 5.41) is 11.9. The minimum absolute atomic E-state index is 0.0565. The number of benzene rings is 1. The molecular formula is C20H21FN2O4. The second-order valence-electron chi connectivity index (χ2n) is 6.67. The van der Waals surface area contributed by atoms with Crippen molar-refractivity contribution in [2.75, 3.05) is 0 Å². The summed E-state index contributed by atoms with van der Waals surface area (Å²) in [5.74, 6) is -0.986. The second kappa shape index (κ2) is 8.62. The van der Waals surface area contributed by atoms with Crippen LogP contribution in [0, 0.1) is 17.7 Å². The van der Waals surface area contributed by atoms with Gasteiger partial charge in [-0.15, -0.1) is 0 Å². The SMILES string of the molecule is O=C(O)C1CCC(C(=O)NCc2ccc(Oc3cccc(F)c3)nc2)CC1. The molecular weight excluding hydrogens is 351 g/mol. The lowest BCUT2D eigenvalue weighted by Gasteiger charge is -2.25. The molecule has 0 aliphatic heterocycles. The molecule has 1 amide bonds. The Balaban J connectivity index is 1.47. The van der Waals surface area contributed by atoms with E-state index in [0.717, 1.165) is 5.56 Å². The molecule has 142 valence electrons. The van der Waals surface area contributed by atoms with Crippen molar-refractivity contribution in [2.45, 2.75) is 32.2 Å². The Morgan fingerprint density at radius 3 is 2.52 bits per heavy atom. The van der Waals surface area contributed by atoms with E-state index in [1.54, 1.807) is 30.5 Å². The monoisotopic (exact) mass is 372 g/mol. The summed E-state index contributed by atoms with van der Waals surface area (Å²) in [6.45, 7) is 0.338. The third-order valence-electron chi connectivity index (χ3n) is 4.73. The number of carbonyl (C=O) groups excluding carboxylic acids is 1. The van der Waals surface area contributed by atoms with Crippen LogP contribution in [0.25, 0.3) is 0 Å². The number of rotatable bonds is 6. The molecule has 0 unspecified atom stereocenters. The molecule has 0 atom stereocenters. The molecule has 6 nitrogen and oxygen atoms in total. The number of amides is 1. The number of pyridine rings is 1. The first kappa shape index (κ1) is 18.8. The number of nitrogens with zero attached hydrogens (tertiary/aromatic N) is 1. The lowest BCUT2D eigenvalue weighted by Crippen LogP contribution is -2.34. The van der Waals surface area contributed by atoms with Gasteiger partial charge in [0.25, 0.3) is 0 Å². The average molecular weight is 372 g/mol. The highest BCUT2D eigenvalue weighted by molar-refractivity contribution is 5.79. The van der Waals surface area contributed by atoms with Crippen LogP contribution in [0.15, 0.2) is 42.6 Å². The summed E-state index contributed by atoms with van der Waals surface area (Å²) in [5.41, 5.74) is 0.814. The minimum Gasteiger partial charge on any atom is -0.481 e. The third-order valence-corrected chi connectivity index (χ3v) is 4.73. The van der Waals surface area contributed by atoms with Gasteiger partial charge in [-0.1, -0.05) is 12.1 Å². The van der Waals surface area contributed by atoms with Crippen LogP contribution in [-0.2, 0) is 16.1 Å². The van der Waals surface area contributed by atoms with E-state index in [4.69, 9.17) is 9.84 Å². The summed E-state index contributed by atoms with van der Waals surface area (Å²) >= 11 is 0. The quantitative estimate of drug-likeness (QED) is 0.810. The number of carbonyl (C=O) groups is 2. The maximum atomic E-state index is 13.2. The smallest absolute Gasteiger partial charge is 0.306 e. The molecule has 1 aromatic heterocycles. The topological polar surface area (TPSA) is 88.5 Å². The van der Waals surface area contributed by atoms with Crippen molar-refractivity contribution in [1.29, 1.82) is 0 Å². The molecule has 0 bridgehead atoms. The van der Waals surface area contributed by atoms with E-state index in [1.807, 2.05) is 0 Å². The van der Waals surface area contributed by atoms with E-state index in [0.29, 0.717) is 43.9 Å². The Hall–Kier alpha value is -2.96. The van der Waals surface area contributed by atoms with Crippen LogP contribution < -0.4 is 10.1 Å². The van der Waals surface area contributed by atoms with Crippen LogP contribution in [0.1, 0.15) is 31.2 Å². The second-order valence-corrected chi connectivity index (χ2v) is 6.67. The zero-order valence-electron chi connectivity index (χ0n) is 14.7. The number of carboxylic acids is 1. The number of hydrogen-bond donors (Lipinski definition) is 2. The normalized spacial score (nSPS) is 19.3. The van der Waals surface area contributed by atoms with Crippen molar-refractivity contribution in [3.8, 4) is 11.6 Å². The number of aliphatic carboxylic acids is 1. The van der Waals surface area contributed by atoms with Gasteiger partial charge >= 0.3 is 5.97 Å². The largest absolute Gasteiger partial charge is 0.481 e. The summed E-state index contributed by atoms with van der Waals surface area (Å²) < 4.78 is 18.6. The van der Waals surface area contributed by atoms with E-state index in [-0.39, 0.29) is 23.6 Å².